The second-order valence-electron chi connectivity index (χ2n) is 4.54. The Hall–Kier alpha value is -0.660. The van der Waals surface area contributed by atoms with Gasteiger partial charge in [0.15, 0.2) is 0 Å². The first-order chi connectivity index (χ1) is 8.49. The number of nitrogens with zero attached hydrogens (tertiary/aromatic N) is 1. The number of ether oxygens (including phenoxy) is 1. The fourth-order valence-corrected chi connectivity index (χ4v) is 3.67. The molecule has 18 heavy (non-hydrogen) atoms. The molecule has 1 rings (SSSR count). The largest absolute Gasteiger partial charge is 0.469 e. The minimum absolute atomic E-state index is 0.0220. The summed E-state index contributed by atoms with van der Waals surface area (Å²) in [5.74, 6) is -0.397. The Balaban J connectivity index is 2.45. The van der Waals surface area contributed by atoms with Crippen LogP contribution < -0.4 is 0 Å². The van der Waals surface area contributed by atoms with Crippen molar-refractivity contribution < 1.29 is 23.1 Å². The van der Waals surface area contributed by atoms with E-state index in [1.54, 1.807) is 0 Å². The van der Waals surface area contributed by atoms with Gasteiger partial charge in [0.05, 0.1) is 12.9 Å². The van der Waals surface area contributed by atoms with Gasteiger partial charge in [0, 0.05) is 26.1 Å². The number of hydrogen-bond acceptors (Lipinski definition) is 5. The zero-order valence-corrected chi connectivity index (χ0v) is 11.5. The summed E-state index contributed by atoms with van der Waals surface area (Å²) in [6.07, 6.45) is 2.04. The summed E-state index contributed by atoms with van der Waals surface area (Å²) in [4.78, 5) is 10.9. The van der Waals surface area contributed by atoms with Crippen molar-refractivity contribution in [3.63, 3.8) is 0 Å². The van der Waals surface area contributed by atoms with Gasteiger partial charge in [-0.3, -0.25) is 4.79 Å². The quantitative estimate of drug-likeness (QED) is 0.690. The third-order valence-electron chi connectivity index (χ3n) is 3.14. The van der Waals surface area contributed by atoms with Gasteiger partial charge >= 0.3 is 5.97 Å². The molecule has 0 saturated carbocycles. The third kappa shape index (κ3) is 4.55. The van der Waals surface area contributed by atoms with E-state index >= 15 is 0 Å². The molecule has 7 heteroatoms. The van der Waals surface area contributed by atoms with E-state index in [4.69, 9.17) is 5.11 Å². The Kier molecular flexibility index (Phi) is 6.04. The van der Waals surface area contributed by atoms with E-state index in [-0.39, 0.29) is 31.1 Å². The molecule has 0 radical (unpaired) electrons. The van der Waals surface area contributed by atoms with Crippen LogP contribution in [0.5, 0.6) is 0 Å². The number of esters is 1. The van der Waals surface area contributed by atoms with Crippen molar-refractivity contribution >= 4 is 16.0 Å². The van der Waals surface area contributed by atoms with E-state index in [2.05, 4.69) is 4.74 Å². The van der Waals surface area contributed by atoms with E-state index in [1.165, 1.54) is 11.4 Å². The van der Waals surface area contributed by atoms with Crippen LogP contribution in [0.25, 0.3) is 0 Å². The molecule has 1 N–H and O–H groups in total. The maximum absolute atomic E-state index is 12.0. The molecule has 1 heterocycles. The number of hydrogen-bond donors (Lipinski definition) is 1. The maximum Gasteiger partial charge on any atom is 0.305 e. The van der Waals surface area contributed by atoms with Gasteiger partial charge < -0.3 is 9.84 Å². The van der Waals surface area contributed by atoms with Crippen LogP contribution in [-0.4, -0.2) is 56.4 Å². The number of piperidine rings is 1. The number of sulfonamides is 1. The van der Waals surface area contributed by atoms with Crippen LogP contribution >= 0.6 is 0 Å². The summed E-state index contributed by atoms with van der Waals surface area (Å²) in [5.41, 5.74) is 0. The molecule has 0 aliphatic carbocycles. The second-order valence-corrected chi connectivity index (χ2v) is 6.63. The molecule has 1 saturated heterocycles. The molecule has 106 valence electrons. The van der Waals surface area contributed by atoms with E-state index in [1.807, 2.05) is 0 Å². The van der Waals surface area contributed by atoms with Gasteiger partial charge in [-0.15, -0.1) is 0 Å². The first-order valence-corrected chi connectivity index (χ1v) is 7.76. The molecule has 1 unspecified atom stereocenters. The lowest BCUT2D eigenvalue weighted by molar-refractivity contribution is -0.140. The first kappa shape index (κ1) is 15.4. The van der Waals surface area contributed by atoms with Crippen LogP contribution in [0.3, 0.4) is 0 Å². The summed E-state index contributed by atoms with van der Waals surface area (Å²) >= 11 is 0. The third-order valence-corrected chi connectivity index (χ3v) is 5.07. The summed E-state index contributed by atoms with van der Waals surface area (Å²) in [6, 6.07) is 0. The van der Waals surface area contributed by atoms with Gasteiger partial charge in [-0.2, -0.15) is 0 Å². The maximum atomic E-state index is 12.0. The average Bonchev–Trinajstić information content (AvgIpc) is 2.38. The molecular weight excluding hydrogens is 258 g/mol. The van der Waals surface area contributed by atoms with Gasteiger partial charge in [-0.1, -0.05) is 0 Å². The van der Waals surface area contributed by atoms with E-state index in [9.17, 15) is 13.2 Å². The zero-order valence-electron chi connectivity index (χ0n) is 10.7. The summed E-state index contributed by atoms with van der Waals surface area (Å²) in [7, 11) is -2.03. The number of carbonyl (C=O) groups excluding carboxylic acids is 1. The van der Waals surface area contributed by atoms with Crippen molar-refractivity contribution in [2.75, 3.05) is 32.6 Å². The standard InChI is InChI=1S/C11H21NO5S/c1-17-11(14)5-3-7-18(15,16)12-6-2-4-10(8-12)9-13/h10,13H,2-9H2,1H3. The van der Waals surface area contributed by atoms with Crippen LogP contribution in [0, 0.1) is 5.92 Å². The molecule has 0 amide bonds. The predicted octanol–water partition coefficient (Wildman–Crippen LogP) is -0.0263. The van der Waals surface area contributed by atoms with Crippen LogP contribution in [0.4, 0.5) is 0 Å². The zero-order chi connectivity index (χ0) is 13.6. The monoisotopic (exact) mass is 279 g/mol. The molecule has 1 fully saturated rings. The molecular formula is C11H21NO5S. The Morgan fingerprint density at radius 1 is 1.50 bits per heavy atom. The Bertz CT molecular complexity index is 368. The summed E-state index contributed by atoms with van der Waals surface area (Å²) in [6.45, 7) is 0.919. The molecule has 0 spiro atoms. The highest BCUT2D eigenvalue weighted by Gasteiger charge is 2.28. The van der Waals surface area contributed by atoms with Crippen LogP contribution in [0.15, 0.2) is 0 Å². The normalized spacial score (nSPS) is 21.8. The van der Waals surface area contributed by atoms with Crippen LogP contribution in [0.1, 0.15) is 25.7 Å². The van der Waals surface area contributed by atoms with Crippen molar-refractivity contribution in [2.24, 2.45) is 5.92 Å². The molecule has 0 aromatic heterocycles. The van der Waals surface area contributed by atoms with Gasteiger partial charge in [0.2, 0.25) is 10.0 Å². The molecule has 1 aliphatic rings. The Labute approximate surface area is 108 Å². The summed E-state index contributed by atoms with van der Waals surface area (Å²) < 4.78 is 29.9. The number of aliphatic hydroxyl groups excluding tert-OH is 1. The number of aliphatic hydroxyl groups is 1. The van der Waals surface area contributed by atoms with Gasteiger partial charge in [-0.05, 0) is 25.2 Å². The van der Waals surface area contributed by atoms with Gasteiger partial charge in [-0.25, -0.2) is 12.7 Å². The fraction of sp³-hybridized carbons (Fsp3) is 0.909. The lowest BCUT2D eigenvalue weighted by atomic mass is 10.0. The number of carbonyl (C=O) groups is 1. The van der Waals surface area contributed by atoms with Crippen molar-refractivity contribution in [3.8, 4) is 0 Å². The minimum Gasteiger partial charge on any atom is -0.469 e. The topological polar surface area (TPSA) is 83.9 Å². The number of rotatable bonds is 6. The highest BCUT2D eigenvalue weighted by molar-refractivity contribution is 7.89. The molecule has 6 nitrogen and oxygen atoms in total. The highest BCUT2D eigenvalue weighted by atomic mass is 32.2. The first-order valence-electron chi connectivity index (χ1n) is 6.15. The molecule has 0 aromatic carbocycles. The number of methoxy groups -OCH3 is 1. The second kappa shape index (κ2) is 7.06. The van der Waals surface area contributed by atoms with Gasteiger partial charge in [0.1, 0.15) is 0 Å². The minimum atomic E-state index is -3.32. The van der Waals surface area contributed by atoms with E-state index in [0.29, 0.717) is 13.1 Å². The smallest absolute Gasteiger partial charge is 0.305 e. The fourth-order valence-electron chi connectivity index (χ4n) is 2.06. The Morgan fingerprint density at radius 3 is 2.83 bits per heavy atom. The van der Waals surface area contributed by atoms with Crippen molar-refractivity contribution in [1.29, 1.82) is 0 Å². The van der Waals surface area contributed by atoms with Crippen LogP contribution in [0.2, 0.25) is 0 Å². The van der Waals surface area contributed by atoms with Crippen molar-refractivity contribution in [2.45, 2.75) is 25.7 Å². The van der Waals surface area contributed by atoms with Crippen molar-refractivity contribution in [3.05, 3.63) is 0 Å². The van der Waals surface area contributed by atoms with Crippen LogP contribution in [-0.2, 0) is 19.6 Å². The predicted molar refractivity (Wildman–Crippen MR) is 66.4 cm³/mol. The SMILES string of the molecule is COC(=O)CCCS(=O)(=O)N1CCCC(CO)C1. The Morgan fingerprint density at radius 2 is 2.22 bits per heavy atom. The molecule has 1 aliphatic heterocycles. The van der Waals surface area contributed by atoms with E-state index in [0.717, 1.165) is 12.8 Å². The van der Waals surface area contributed by atoms with E-state index < -0.39 is 16.0 Å². The molecule has 1 atom stereocenters. The lowest BCUT2D eigenvalue weighted by Crippen LogP contribution is -2.42. The van der Waals surface area contributed by atoms with Gasteiger partial charge in [0.25, 0.3) is 0 Å². The molecule has 0 bridgehead atoms. The van der Waals surface area contributed by atoms with Crippen molar-refractivity contribution in [1.82, 2.24) is 4.31 Å². The highest BCUT2D eigenvalue weighted by Crippen LogP contribution is 2.19. The summed E-state index contributed by atoms with van der Waals surface area (Å²) in [5, 5.41) is 9.07. The lowest BCUT2D eigenvalue weighted by Gasteiger charge is -2.30. The average molecular weight is 279 g/mol. The molecule has 0 aromatic rings.